The summed E-state index contributed by atoms with van der Waals surface area (Å²) < 4.78 is 5.31. The maximum Gasteiger partial charge on any atom is 0.412 e. The van der Waals surface area contributed by atoms with E-state index in [1.54, 1.807) is 6.07 Å². The number of amides is 1. The van der Waals surface area contributed by atoms with E-state index in [2.05, 4.69) is 15.3 Å². The number of nitrogens with zero attached hydrogens (tertiary/aromatic N) is 2. The third-order valence-corrected chi connectivity index (χ3v) is 4.01. The highest BCUT2D eigenvalue weighted by atomic mass is 16.6. The molecule has 0 aliphatic carbocycles. The first-order valence-electron chi connectivity index (χ1n) is 8.67. The van der Waals surface area contributed by atoms with Crippen LogP contribution in [0.25, 0.3) is 11.1 Å². The highest BCUT2D eigenvalue weighted by Gasteiger charge is 2.11. The van der Waals surface area contributed by atoms with Gasteiger partial charge in [-0.2, -0.15) is 0 Å². The topological polar surface area (TPSA) is 134 Å². The van der Waals surface area contributed by atoms with Crippen molar-refractivity contribution in [2.45, 2.75) is 6.54 Å². The van der Waals surface area contributed by atoms with E-state index in [1.165, 1.54) is 30.6 Å². The normalized spacial score (nSPS) is 11.0. The molecular formula is C21H19N5O3. The number of pyridine rings is 1. The average Bonchev–Trinajstić information content (AvgIpc) is 2.74. The average molecular weight is 389 g/mol. The molecule has 3 aromatic rings. The molecule has 0 saturated heterocycles. The van der Waals surface area contributed by atoms with Crippen molar-refractivity contribution in [1.82, 2.24) is 10.3 Å². The van der Waals surface area contributed by atoms with Gasteiger partial charge in [-0.3, -0.25) is 10.4 Å². The number of amidine groups is 1. The van der Waals surface area contributed by atoms with E-state index in [1.807, 2.05) is 30.3 Å². The number of hydrogen-bond donors (Lipinski definition) is 4. The van der Waals surface area contributed by atoms with Crippen LogP contribution in [0.15, 0.2) is 72.0 Å². The van der Waals surface area contributed by atoms with Gasteiger partial charge in [0.1, 0.15) is 23.7 Å². The van der Waals surface area contributed by atoms with Gasteiger partial charge in [0.2, 0.25) is 0 Å². The van der Waals surface area contributed by atoms with Crippen molar-refractivity contribution in [3.8, 4) is 22.6 Å². The summed E-state index contributed by atoms with van der Waals surface area (Å²) in [6.45, 7) is 0.336. The van der Waals surface area contributed by atoms with Crippen LogP contribution < -0.4 is 15.8 Å². The Morgan fingerprint density at radius 3 is 2.76 bits per heavy atom. The summed E-state index contributed by atoms with van der Waals surface area (Å²) in [5.41, 5.74) is 8.20. The van der Waals surface area contributed by atoms with Crippen LogP contribution in [-0.2, 0) is 6.54 Å². The van der Waals surface area contributed by atoms with Crippen molar-refractivity contribution in [2.75, 3.05) is 0 Å². The number of aliphatic imine (C=N–C) groups is 1. The number of phenolic OH excluding ortho intramolecular Hbond substituents is 1. The number of ether oxygens (including phenoxy) is 1. The number of benzene rings is 2. The van der Waals surface area contributed by atoms with Crippen LogP contribution in [-0.4, -0.2) is 28.4 Å². The lowest BCUT2D eigenvalue weighted by atomic mass is 10.0. The van der Waals surface area contributed by atoms with Gasteiger partial charge in [-0.05, 0) is 29.8 Å². The lowest BCUT2D eigenvalue weighted by Crippen LogP contribution is -2.26. The zero-order valence-corrected chi connectivity index (χ0v) is 15.4. The molecule has 146 valence electrons. The van der Waals surface area contributed by atoms with Gasteiger partial charge in [0.15, 0.2) is 0 Å². The molecule has 0 unspecified atom stereocenters. The molecule has 29 heavy (non-hydrogen) atoms. The third kappa shape index (κ3) is 5.16. The number of carbonyl (C=O) groups is 1. The zero-order chi connectivity index (χ0) is 20.6. The summed E-state index contributed by atoms with van der Waals surface area (Å²) in [6.07, 6.45) is 3.26. The number of aromatic hydroxyl groups is 1. The predicted octanol–water partition coefficient (Wildman–Crippen LogP) is 3.06. The van der Waals surface area contributed by atoms with Crippen LogP contribution in [0.1, 0.15) is 11.1 Å². The van der Waals surface area contributed by atoms with E-state index < -0.39 is 6.09 Å². The molecule has 1 heterocycles. The van der Waals surface area contributed by atoms with Crippen LogP contribution in [0.4, 0.5) is 4.79 Å². The standard InChI is InChI=1S/C21H19N5O3/c22-13-26-20(23)16-8-15(11-24-12-16)18-9-17(6-7-19(18)27)29-21(28)25-10-14-4-2-1-3-5-14/h1-9,11-13,27H,10H2,(H,25,28)(H3,22,23,26). The van der Waals surface area contributed by atoms with E-state index in [9.17, 15) is 9.90 Å². The number of carbonyl (C=O) groups excluding carboxylic acids is 1. The van der Waals surface area contributed by atoms with E-state index in [0.717, 1.165) is 11.9 Å². The Morgan fingerprint density at radius 1 is 1.21 bits per heavy atom. The van der Waals surface area contributed by atoms with Crippen LogP contribution in [0.3, 0.4) is 0 Å². The third-order valence-electron chi connectivity index (χ3n) is 4.01. The Labute approximate surface area is 167 Å². The molecule has 1 amide bonds. The second kappa shape index (κ2) is 9.14. The van der Waals surface area contributed by atoms with Crippen molar-refractivity contribution < 1.29 is 14.6 Å². The summed E-state index contributed by atoms with van der Waals surface area (Å²) in [6, 6.07) is 15.6. The molecule has 8 nitrogen and oxygen atoms in total. The Balaban J connectivity index is 1.76. The maximum absolute atomic E-state index is 12.1. The van der Waals surface area contributed by atoms with E-state index in [4.69, 9.17) is 15.9 Å². The van der Waals surface area contributed by atoms with E-state index in [-0.39, 0.29) is 17.3 Å². The van der Waals surface area contributed by atoms with Gasteiger partial charge >= 0.3 is 6.09 Å². The fourth-order valence-corrected chi connectivity index (χ4v) is 2.59. The van der Waals surface area contributed by atoms with Gasteiger partial charge < -0.3 is 20.9 Å². The Morgan fingerprint density at radius 2 is 2.00 bits per heavy atom. The van der Waals surface area contributed by atoms with Gasteiger partial charge in [-0.25, -0.2) is 9.79 Å². The molecule has 8 heteroatoms. The number of nitrogens with two attached hydrogens (primary N) is 1. The number of aromatic nitrogens is 1. The molecule has 1 aromatic heterocycles. The van der Waals surface area contributed by atoms with Crippen LogP contribution >= 0.6 is 0 Å². The molecular weight excluding hydrogens is 370 g/mol. The molecule has 2 aromatic carbocycles. The first-order chi connectivity index (χ1) is 14.1. The maximum atomic E-state index is 12.1. The van der Waals surface area contributed by atoms with Gasteiger partial charge in [0, 0.05) is 35.6 Å². The van der Waals surface area contributed by atoms with Crippen molar-refractivity contribution in [1.29, 1.82) is 5.41 Å². The quantitative estimate of drug-likeness (QED) is 0.380. The summed E-state index contributed by atoms with van der Waals surface area (Å²) >= 11 is 0. The monoisotopic (exact) mass is 389 g/mol. The van der Waals surface area contributed by atoms with Gasteiger partial charge in [0.25, 0.3) is 0 Å². The zero-order valence-electron chi connectivity index (χ0n) is 15.4. The van der Waals surface area contributed by atoms with E-state index >= 15 is 0 Å². The van der Waals surface area contributed by atoms with Crippen LogP contribution in [0, 0.1) is 5.41 Å². The highest BCUT2D eigenvalue weighted by molar-refractivity contribution is 6.01. The number of hydrogen-bond acceptors (Lipinski definition) is 5. The summed E-state index contributed by atoms with van der Waals surface area (Å²) in [5, 5.41) is 19.9. The first kappa shape index (κ1) is 19.6. The lowest BCUT2D eigenvalue weighted by molar-refractivity contribution is 0.200. The minimum Gasteiger partial charge on any atom is -0.507 e. The molecule has 3 rings (SSSR count). The van der Waals surface area contributed by atoms with E-state index in [0.29, 0.717) is 23.2 Å². The largest absolute Gasteiger partial charge is 0.507 e. The summed E-state index contributed by atoms with van der Waals surface area (Å²) in [4.78, 5) is 19.9. The SMILES string of the molecule is N=CN=C(N)c1cncc(-c2cc(OC(=O)NCc3ccccc3)ccc2O)c1. The van der Waals surface area contributed by atoms with Crippen molar-refractivity contribution in [3.05, 3.63) is 78.1 Å². The molecule has 0 aliphatic heterocycles. The second-order valence-electron chi connectivity index (χ2n) is 6.01. The predicted molar refractivity (Wildman–Crippen MR) is 110 cm³/mol. The van der Waals surface area contributed by atoms with Crippen molar-refractivity contribution in [2.24, 2.45) is 10.7 Å². The fraction of sp³-hybridized carbons (Fsp3) is 0.0476. The van der Waals surface area contributed by atoms with Crippen molar-refractivity contribution >= 4 is 18.3 Å². The minimum atomic E-state index is -0.611. The molecule has 0 bridgehead atoms. The minimum absolute atomic E-state index is 0.0106. The molecule has 0 atom stereocenters. The highest BCUT2D eigenvalue weighted by Crippen LogP contribution is 2.32. The fourth-order valence-electron chi connectivity index (χ4n) is 2.59. The molecule has 5 N–H and O–H groups in total. The summed E-state index contributed by atoms with van der Waals surface area (Å²) in [7, 11) is 0. The summed E-state index contributed by atoms with van der Waals surface area (Å²) in [5.74, 6) is 0.375. The Hall–Kier alpha value is -4.20. The molecule has 0 aliphatic rings. The second-order valence-corrected chi connectivity index (χ2v) is 6.01. The Bertz CT molecular complexity index is 1050. The molecule has 0 fully saturated rings. The van der Waals surface area contributed by atoms with Crippen molar-refractivity contribution in [3.63, 3.8) is 0 Å². The van der Waals surface area contributed by atoms with Gasteiger partial charge in [-0.1, -0.05) is 30.3 Å². The molecule has 0 saturated carbocycles. The Kier molecular flexibility index (Phi) is 6.16. The lowest BCUT2D eigenvalue weighted by Gasteiger charge is -2.10. The van der Waals surface area contributed by atoms with Crippen LogP contribution in [0.2, 0.25) is 0 Å². The van der Waals surface area contributed by atoms with Gasteiger partial charge in [-0.15, -0.1) is 0 Å². The molecule has 0 spiro atoms. The smallest absolute Gasteiger partial charge is 0.412 e. The first-order valence-corrected chi connectivity index (χ1v) is 8.67. The van der Waals surface area contributed by atoms with Gasteiger partial charge in [0.05, 0.1) is 0 Å². The molecule has 0 radical (unpaired) electrons. The van der Waals surface area contributed by atoms with Crippen LogP contribution in [0.5, 0.6) is 11.5 Å². The number of nitrogens with one attached hydrogen (secondary N) is 2. The number of phenols is 1. The number of rotatable bonds is 6.